The number of aryl methyl sites for hydroxylation is 2. The maximum atomic E-state index is 11.1. The molecule has 1 aromatic rings. The van der Waals surface area contributed by atoms with E-state index in [0.717, 1.165) is 0 Å². The second-order valence-corrected chi connectivity index (χ2v) is 7.06. The molecule has 0 aromatic heterocycles. The molecular weight excluding hydrogens is 234 g/mol. The van der Waals surface area contributed by atoms with Crippen LogP contribution in [0.25, 0.3) is 0 Å². The third kappa shape index (κ3) is 5.84. The van der Waals surface area contributed by atoms with Gasteiger partial charge in [0.25, 0.3) is 0 Å². The summed E-state index contributed by atoms with van der Waals surface area (Å²) >= 11 is 0. The van der Waals surface area contributed by atoms with Crippen LogP contribution < -0.4 is 5.32 Å². The molecule has 0 saturated carbocycles. The van der Waals surface area contributed by atoms with Crippen molar-refractivity contribution in [3.63, 3.8) is 0 Å². The van der Waals surface area contributed by atoms with Gasteiger partial charge in [-0.25, -0.2) is 8.42 Å². The maximum absolute atomic E-state index is 11.1. The van der Waals surface area contributed by atoms with Crippen molar-refractivity contribution < 1.29 is 8.42 Å². The van der Waals surface area contributed by atoms with Crippen LogP contribution in [0, 0.1) is 13.8 Å². The second kappa shape index (κ2) is 5.65. The summed E-state index contributed by atoms with van der Waals surface area (Å²) in [7, 11) is -2.91. The molecule has 96 valence electrons. The summed E-state index contributed by atoms with van der Waals surface area (Å²) in [5, 5.41) is 3.23. The lowest BCUT2D eigenvalue weighted by atomic mass is 10.1. The minimum Gasteiger partial charge on any atom is -0.309 e. The summed E-state index contributed by atoms with van der Waals surface area (Å²) in [5.74, 6) is 0.178. The fourth-order valence-corrected chi connectivity index (χ4v) is 3.00. The molecule has 0 amide bonds. The molecule has 1 aromatic carbocycles. The van der Waals surface area contributed by atoms with E-state index >= 15 is 0 Å². The van der Waals surface area contributed by atoms with E-state index in [1.165, 1.54) is 22.9 Å². The van der Waals surface area contributed by atoms with Crippen LogP contribution in [0.3, 0.4) is 0 Å². The van der Waals surface area contributed by atoms with Crippen molar-refractivity contribution in [2.24, 2.45) is 0 Å². The molecule has 0 aliphatic rings. The molecular formula is C13H21NO2S. The van der Waals surface area contributed by atoms with E-state index in [9.17, 15) is 8.42 Å². The lowest BCUT2D eigenvalue weighted by Crippen LogP contribution is -2.32. The van der Waals surface area contributed by atoms with E-state index < -0.39 is 9.84 Å². The predicted molar refractivity (Wildman–Crippen MR) is 71.9 cm³/mol. The van der Waals surface area contributed by atoms with Crippen molar-refractivity contribution in [3.05, 3.63) is 34.9 Å². The van der Waals surface area contributed by atoms with Gasteiger partial charge in [0, 0.05) is 18.8 Å². The Bertz CT molecular complexity index is 460. The Labute approximate surface area is 104 Å². The number of nitrogens with one attached hydrogen (secondary N) is 1. The standard InChI is InChI=1S/C13H21NO2S/c1-10-5-11(2)7-13(6-10)8-14-12(3)9-17(4,15)16/h5-7,12,14H,8-9H2,1-4H3. The summed E-state index contributed by atoms with van der Waals surface area (Å²) < 4.78 is 22.2. The molecule has 0 bridgehead atoms. The Hall–Kier alpha value is -0.870. The van der Waals surface area contributed by atoms with Crippen LogP contribution in [0.1, 0.15) is 23.6 Å². The van der Waals surface area contributed by atoms with Crippen molar-refractivity contribution in [3.8, 4) is 0 Å². The van der Waals surface area contributed by atoms with Crippen molar-refractivity contribution in [2.75, 3.05) is 12.0 Å². The van der Waals surface area contributed by atoms with Gasteiger partial charge in [0.05, 0.1) is 5.75 Å². The van der Waals surface area contributed by atoms with Gasteiger partial charge in [-0.2, -0.15) is 0 Å². The summed E-state index contributed by atoms with van der Waals surface area (Å²) in [6, 6.07) is 6.34. The van der Waals surface area contributed by atoms with Gasteiger partial charge >= 0.3 is 0 Å². The molecule has 1 rings (SSSR count). The van der Waals surface area contributed by atoms with Gasteiger partial charge in [0.2, 0.25) is 0 Å². The Morgan fingerprint density at radius 1 is 1.18 bits per heavy atom. The van der Waals surface area contributed by atoms with Crippen LogP contribution in [0.15, 0.2) is 18.2 Å². The van der Waals surface area contributed by atoms with Crippen molar-refractivity contribution in [1.29, 1.82) is 0 Å². The molecule has 1 unspecified atom stereocenters. The van der Waals surface area contributed by atoms with Crippen LogP contribution in [0.4, 0.5) is 0 Å². The van der Waals surface area contributed by atoms with Gasteiger partial charge < -0.3 is 5.32 Å². The zero-order chi connectivity index (χ0) is 13.1. The van der Waals surface area contributed by atoms with Crippen molar-refractivity contribution >= 4 is 9.84 Å². The zero-order valence-electron chi connectivity index (χ0n) is 10.9. The largest absolute Gasteiger partial charge is 0.309 e. The topological polar surface area (TPSA) is 46.2 Å². The van der Waals surface area contributed by atoms with E-state index in [0.29, 0.717) is 6.54 Å². The van der Waals surface area contributed by atoms with Crippen LogP contribution in [0.5, 0.6) is 0 Å². The van der Waals surface area contributed by atoms with Gasteiger partial charge in [-0.1, -0.05) is 29.3 Å². The minimum absolute atomic E-state index is 0.0224. The van der Waals surface area contributed by atoms with Gasteiger partial charge in [-0.3, -0.25) is 0 Å². The van der Waals surface area contributed by atoms with E-state index in [-0.39, 0.29) is 11.8 Å². The molecule has 0 spiro atoms. The number of sulfone groups is 1. The first-order valence-corrected chi connectivity index (χ1v) is 7.80. The Kier molecular flexibility index (Phi) is 4.71. The number of hydrogen-bond donors (Lipinski definition) is 1. The number of rotatable bonds is 5. The molecule has 0 heterocycles. The average molecular weight is 255 g/mol. The normalized spacial score (nSPS) is 13.6. The van der Waals surface area contributed by atoms with Crippen LogP contribution in [-0.4, -0.2) is 26.5 Å². The van der Waals surface area contributed by atoms with Gasteiger partial charge in [-0.05, 0) is 26.3 Å². The highest BCUT2D eigenvalue weighted by Crippen LogP contribution is 2.08. The fourth-order valence-electron chi connectivity index (χ4n) is 1.98. The predicted octanol–water partition coefficient (Wildman–Crippen LogP) is 1.83. The first-order chi connectivity index (χ1) is 7.76. The number of hydrogen-bond acceptors (Lipinski definition) is 3. The molecule has 4 heteroatoms. The molecule has 0 saturated heterocycles. The Balaban J connectivity index is 2.55. The van der Waals surface area contributed by atoms with Crippen LogP contribution in [-0.2, 0) is 16.4 Å². The monoisotopic (exact) mass is 255 g/mol. The van der Waals surface area contributed by atoms with Crippen molar-refractivity contribution in [1.82, 2.24) is 5.32 Å². The summed E-state index contributed by atoms with van der Waals surface area (Å²) in [6.07, 6.45) is 1.27. The Morgan fingerprint density at radius 3 is 2.18 bits per heavy atom. The summed E-state index contributed by atoms with van der Waals surface area (Å²) in [4.78, 5) is 0. The van der Waals surface area contributed by atoms with Gasteiger partial charge in [0.15, 0.2) is 0 Å². The maximum Gasteiger partial charge on any atom is 0.148 e. The lowest BCUT2D eigenvalue weighted by Gasteiger charge is -2.13. The summed E-state index contributed by atoms with van der Waals surface area (Å²) in [5.41, 5.74) is 3.66. The molecule has 0 fully saturated rings. The van der Waals surface area contributed by atoms with Crippen LogP contribution in [0.2, 0.25) is 0 Å². The SMILES string of the molecule is Cc1cc(C)cc(CNC(C)CS(C)(=O)=O)c1. The van der Waals surface area contributed by atoms with Gasteiger partial charge in [-0.15, -0.1) is 0 Å². The highest BCUT2D eigenvalue weighted by Gasteiger charge is 2.09. The second-order valence-electron chi connectivity index (χ2n) is 4.87. The molecule has 1 N–H and O–H groups in total. The quantitative estimate of drug-likeness (QED) is 0.873. The minimum atomic E-state index is -2.91. The highest BCUT2D eigenvalue weighted by molar-refractivity contribution is 7.90. The van der Waals surface area contributed by atoms with E-state index in [1.807, 2.05) is 6.92 Å². The summed E-state index contributed by atoms with van der Waals surface area (Å²) in [6.45, 7) is 6.73. The molecule has 0 aliphatic heterocycles. The van der Waals surface area contributed by atoms with Crippen molar-refractivity contribution in [2.45, 2.75) is 33.4 Å². The molecule has 3 nitrogen and oxygen atoms in total. The van der Waals surface area contributed by atoms with E-state index in [4.69, 9.17) is 0 Å². The molecule has 0 aliphatic carbocycles. The molecule has 1 atom stereocenters. The molecule has 17 heavy (non-hydrogen) atoms. The third-order valence-corrected chi connectivity index (χ3v) is 3.59. The third-order valence-electron chi connectivity index (χ3n) is 2.49. The molecule has 0 radical (unpaired) electrons. The number of benzene rings is 1. The van der Waals surface area contributed by atoms with E-state index in [1.54, 1.807) is 0 Å². The first kappa shape index (κ1) is 14.2. The average Bonchev–Trinajstić information content (AvgIpc) is 2.10. The van der Waals surface area contributed by atoms with Crippen LogP contribution >= 0.6 is 0 Å². The van der Waals surface area contributed by atoms with E-state index in [2.05, 4.69) is 37.4 Å². The smallest absolute Gasteiger partial charge is 0.148 e. The first-order valence-electron chi connectivity index (χ1n) is 5.74. The zero-order valence-corrected chi connectivity index (χ0v) is 11.8. The Morgan fingerprint density at radius 2 is 1.71 bits per heavy atom. The lowest BCUT2D eigenvalue weighted by molar-refractivity contribution is 0.560. The highest BCUT2D eigenvalue weighted by atomic mass is 32.2. The fraction of sp³-hybridized carbons (Fsp3) is 0.538. The van der Waals surface area contributed by atoms with Gasteiger partial charge in [0.1, 0.15) is 9.84 Å².